The Kier molecular flexibility index (Phi) is 6.45. The number of carbonyl (C=O) groups is 2. The number of hydrogen-bond acceptors (Lipinski definition) is 4. The zero-order chi connectivity index (χ0) is 19.9. The van der Waals surface area contributed by atoms with Crippen LogP contribution in [0.1, 0.15) is 35.8 Å². The summed E-state index contributed by atoms with van der Waals surface area (Å²) in [6.45, 7) is 3.37. The van der Waals surface area contributed by atoms with Crippen molar-refractivity contribution in [1.29, 1.82) is 0 Å². The number of rotatable bonds is 6. The molecule has 142 valence electrons. The molecule has 1 unspecified atom stereocenters. The van der Waals surface area contributed by atoms with Gasteiger partial charge in [0.2, 0.25) is 5.91 Å². The molecule has 0 spiro atoms. The first kappa shape index (κ1) is 19.6. The van der Waals surface area contributed by atoms with Crippen LogP contribution in [0, 0.1) is 0 Å². The first-order valence-corrected chi connectivity index (χ1v) is 9.71. The van der Waals surface area contributed by atoms with Crippen LogP contribution in [0.25, 0.3) is 0 Å². The predicted octanol–water partition coefficient (Wildman–Crippen LogP) is 4.68. The molecule has 3 aromatic rings. The number of nitrogens with one attached hydrogen (secondary N) is 2. The van der Waals surface area contributed by atoms with Gasteiger partial charge in [0.25, 0.3) is 5.91 Å². The molecule has 2 amide bonds. The fourth-order valence-electron chi connectivity index (χ4n) is 2.69. The SMILES string of the molecule is CC(=O)Nc1cccc(C(C)NC(=O)c2cccnc2Sc2ccccc2)c1. The summed E-state index contributed by atoms with van der Waals surface area (Å²) >= 11 is 1.46. The summed E-state index contributed by atoms with van der Waals surface area (Å²) in [5.74, 6) is -0.323. The highest BCUT2D eigenvalue weighted by molar-refractivity contribution is 7.99. The summed E-state index contributed by atoms with van der Waals surface area (Å²) in [7, 11) is 0. The Morgan fingerprint density at radius 3 is 2.54 bits per heavy atom. The average Bonchev–Trinajstić information content (AvgIpc) is 2.69. The molecular formula is C22H21N3O2S. The summed E-state index contributed by atoms with van der Waals surface area (Å²) in [4.78, 5) is 29.5. The molecule has 0 radical (unpaired) electrons. The highest BCUT2D eigenvalue weighted by Gasteiger charge is 2.16. The van der Waals surface area contributed by atoms with Crippen molar-refractivity contribution in [2.45, 2.75) is 29.8 Å². The molecule has 1 heterocycles. The van der Waals surface area contributed by atoms with Crippen LogP contribution < -0.4 is 10.6 Å². The molecular weight excluding hydrogens is 370 g/mol. The number of hydrogen-bond donors (Lipinski definition) is 2. The lowest BCUT2D eigenvalue weighted by molar-refractivity contribution is -0.114. The third-order valence-electron chi connectivity index (χ3n) is 4.03. The number of benzene rings is 2. The maximum atomic E-state index is 12.9. The summed E-state index contributed by atoms with van der Waals surface area (Å²) < 4.78 is 0. The van der Waals surface area contributed by atoms with E-state index in [9.17, 15) is 9.59 Å². The highest BCUT2D eigenvalue weighted by atomic mass is 32.2. The Morgan fingerprint density at radius 1 is 1.00 bits per heavy atom. The second kappa shape index (κ2) is 9.19. The molecule has 3 rings (SSSR count). The van der Waals surface area contributed by atoms with E-state index in [1.165, 1.54) is 18.7 Å². The van der Waals surface area contributed by atoms with Gasteiger partial charge in [-0.05, 0) is 48.9 Å². The topological polar surface area (TPSA) is 71.1 Å². The quantitative estimate of drug-likeness (QED) is 0.640. The molecule has 5 nitrogen and oxygen atoms in total. The van der Waals surface area contributed by atoms with Crippen molar-refractivity contribution >= 4 is 29.3 Å². The number of amides is 2. The largest absolute Gasteiger partial charge is 0.345 e. The highest BCUT2D eigenvalue weighted by Crippen LogP contribution is 2.28. The molecule has 2 aromatic carbocycles. The number of carbonyl (C=O) groups excluding carboxylic acids is 2. The van der Waals surface area contributed by atoms with Gasteiger partial charge in [0.05, 0.1) is 11.6 Å². The molecule has 1 aromatic heterocycles. The van der Waals surface area contributed by atoms with Crippen molar-refractivity contribution < 1.29 is 9.59 Å². The minimum atomic E-state index is -0.226. The lowest BCUT2D eigenvalue weighted by Crippen LogP contribution is -2.27. The van der Waals surface area contributed by atoms with E-state index in [1.54, 1.807) is 18.3 Å². The van der Waals surface area contributed by atoms with Crippen molar-refractivity contribution in [3.05, 3.63) is 84.1 Å². The number of aromatic nitrogens is 1. The van der Waals surface area contributed by atoms with Gasteiger partial charge in [-0.15, -0.1) is 0 Å². The van der Waals surface area contributed by atoms with E-state index < -0.39 is 0 Å². The van der Waals surface area contributed by atoms with Crippen LogP contribution in [0.15, 0.2) is 82.8 Å². The van der Waals surface area contributed by atoms with Crippen LogP contribution in [0.4, 0.5) is 5.69 Å². The zero-order valence-corrected chi connectivity index (χ0v) is 16.5. The van der Waals surface area contributed by atoms with Crippen molar-refractivity contribution in [2.24, 2.45) is 0 Å². The molecule has 0 fully saturated rings. The Labute approximate surface area is 168 Å². The van der Waals surface area contributed by atoms with E-state index >= 15 is 0 Å². The van der Waals surface area contributed by atoms with E-state index in [2.05, 4.69) is 15.6 Å². The predicted molar refractivity (Wildman–Crippen MR) is 111 cm³/mol. The molecule has 2 N–H and O–H groups in total. The summed E-state index contributed by atoms with van der Waals surface area (Å²) in [5.41, 5.74) is 2.13. The van der Waals surface area contributed by atoms with Gasteiger partial charge in [-0.1, -0.05) is 42.1 Å². The summed E-state index contributed by atoms with van der Waals surface area (Å²) in [5, 5.41) is 6.43. The van der Waals surface area contributed by atoms with E-state index in [-0.39, 0.29) is 17.9 Å². The summed E-state index contributed by atoms with van der Waals surface area (Å²) in [6, 6.07) is 20.6. The second-order valence-corrected chi connectivity index (χ2v) is 7.34. The third-order valence-corrected chi connectivity index (χ3v) is 5.05. The Balaban J connectivity index is 1.75. The molecule has 0 aliphatic heterocycles. The average molecular weight is 391 g/mol. The van der Waals surface area contributed by atoms with Crippen LogP contribution in [-0.2, 0) is 4.79 Å². The first-order valence-electron chi connectivity index (χ1n) is 8.89. The van der Waals surface area contributed by atoms with Crippen molar-refractivity contribution in [3.63, 3.8) is 0 Å². The van der Waals surface area contributed by atoms with Crippen molar-refractivity contribution in [2.75, 3.05) is 5.32 Å². The normalized spacial score (nSPS) is 11.5. The molecule has 0 saturated carbocycles. The molecule has 0 bridgehead atoms. The third kappa shape index (κ3) is 5.20. The molecule has 6 heteroatoms. The Morgan fingerprint density at radius 2 is 1.79 bits per heavy atom. The lowest BCUT2D eigenvalue weighted by atomic mass is 10.1. The lowest BCUT2D eigenvalue weighted by Gasteiger charge is -2.16. The van der Waals surface area contributed by atoms with Gasteiger partial charge in [0, 0.05) is 23.7 Å². The van der Waals surface area contributed by atoms with Crippen LogP contribution in [-0.4, -0.2) is 16.8 Å². The van der Waals surface area contributed by atoms with Gasteiger partial charge in [0.15, 0.2) is 0 Å². The fourth-order valence-corrected chi connectivity index (χ4v) is 3.59. The number of nitrogens with zero attached hydrogens (tertiary/aromatic N) is 1. The van der Waals surface area contributed by atoms with E-state index in [0.29, 0.717) is 16.3 Å². The Bertz CT molecular complexity index is 976. The zero-order valence-electron chi connectivity index (χ0n) is 15.7. The second-order valence-electron chi connectivity index (χ2n) is 6.27. The summed E-state index contributed by atoms with van der Waals surface area (Å²) in [6.07, 6.45) is 1.68. The standard InChI is InChI=1S/C22H21N3O2S/c1-15(17-8-6-9-18(14-17)25-16(2)26)24-21(27)20-12-7-13-23-22(20)28-19-10-4-3-5-11-19/h3-15H,1-2H3,(H,24,27)(H,25,26). The molecule has 0 aliphatic carbocycles. The van der Waals surface area contributed by atoms with Crippen LogP contribution in [0.2, 0.25) is 0 Å². The maximum Gasteiger partial charge on any atom is 0.254 e. The minimum absolute atomic E-state index is 0.133. The van der Waals surface area contributed by atoms with Gasteiger partial charge in [-0.3, -0.25) is 9.59 Å². The van der Waals surface area contributed by atoms with Gasteiger partial charge in [-0.25, -0.2) is 4.98 Å². The first-order chi connectivity index (χ1) is 13.5. The van der Waals surface area contributed by atoms with Gasteiger partial charge in [0.1, 0.15) is 5.03 Å². The number of anilines is 1. The van der Waals surface area contributed by atoms with Gasteiger partial charge >= 0.3 is 0 Å². The molecule has 0 aliphatic rings. The maximum absolute atomic E-state index is 12.9. The van der Waals surface area contributed by atoms with Crippen LogP contribution >= 0.6 is 11.8 Å². The smallest absolute Gasteiger partial charge is 0.254 e. The van der Waals surface area contributed by atoms with E-state index in [1.807, 2.05) is 61.5 Å². The monoisotopic (exact) mass is 391 g/mol. The molecule has 28 heavy (non-hydrogen) atoms. The molecule has 0 saturated heterocycles. The minimum Gasteiger partial charge on any atom is -0.345 e. The van der Waals surface area contributed by atoms with Crippen molar-refractivity contribution in [3.8, 4) is 0 Å². The fraction of sp³-hybridized carbons (Fsp3) is 0.136. The van der Waals surface area contributed by atoms with E-state index in [0.717, 1.165) is 10.5 Å². The van der Waals surface area contributed by atoms with Crippen LogP contribution in [0.3, 0.4) is 0 Å². The van der Waals surface area contributed by atoms with Crippen LogP contribution in [0.5, 0.6) is 0 Å². The van der Waals surface area contributed by atoms with E-state index in [4.69, 9.17) is 0 Å². The Hall–Kier alpha value is -3.12. The van der Waals surface area contributed by atoms with Gasteiger partial charge in [-0.2, -0.15) is 0 Å². The van der Waals surface area contributed by atoms with Crippen molar-refractivity contribution in [1.82, 2.24) is 10.3 Å². The number of pyridine rings is 1. The molecule has 1 atom stereocenters. The van der Waals surface area contributed by atoms with Gasteiger partial charge < -0.3 is 10.6 Å².